The Bertz CT molecular complexity index is 2090. The first-order chi connectivity index (χ1) is 28.8. The normalized spacial score (nSPS) is 21.2. The van der Waals surface area contributed by atoms with Crippen LogP contribution in [0.3, 0.4) is 0 Å². The van der Waals surface area contributed by atoms with Gasteiger partial charge in [-0.15, -0.1) is 0 Å². The Morgan fingerprint density at radius 1 is 0.915 bits per heavy atom. The van der Waals surface area contributed by atoms with Crippen LogP contribution < -0.4 is 21.1 Å². The number of ketones is 2. The smallest absolute Gasteiger partial charge is 0.163 e. The SMILES string of the molecule is COc1cc(C=CC(=O)CC(=O)CCCCCC2C3CCNCC3CC3C=CCNC32)c(Cc2cnc(N)cc2CCc2cccc(CCc3ccccc3)c2)cc1O. The zero-order valence-corrected chi connectivity index (χ0v) is 34.7. The maximum Gasteiger partial charge on any atom is 0.163 e. The predicted octanol–water partition coefficient (Wildman–Crippen LogP) is 8.42. The van der Waals surface area contributed by atoms with E-state index < -0.39 is 0 Å². The quantitative estimate of drug-likeness (QED) is 0.0323. The number of aromatic nitrogens is 1. The first-order valence-electron chi connectivity index (χ1n) is 21.9. The molecular formula is C51H62N4O4. The Kier molecular flexibility index (Phi) is 14.8. The maximum absolute atomic E-state index is 13.1. The number of nitrogens with zero attached hydrogens (tertiary/aromatic N) is 1. The Balaban J connectivity index is 0.925. The largest absolute Gasteiger partial charge is 0.504 e. The number of allylic oxidation sites excluding steroid dienone is 1. The molecule has 1 aliphatic carbocycles. The second-order valence-corrected chi connectivity index (χ2v) is 17.0. The molecule has 1 saturated carbocycles. The number of ether oxygens (including phenoxy) is 1. The highest BCUT2D eigenvalue weighted by atomic mass is 16.5. The number of phenols is 1. The standard InChI is InChI=1S/C51H62N4O4/c1-59-49-30-38(21-22-45(57)32-44(56)15-6-3-7-16-47-46-23-25-53-33-43(46)27-40-14-9-24-54-51(40)47)41(29-48(49)58)28-42-34-55-50(52)31-39(42)20-19-37-13-8-12-36(26-37)18-17-35-10-4-2-5-11-35/h2,4-5,8-14,21-22,26,29-31,34,40,43,46-47,51,53-54,58H,3,6-7,15-20,23-25,27-28,32-33H2,1H3,(H2,52,55). The van der Waals surface area contributed by atoms with Gasteiger partial charge in [-0.3, -0.25) is 9.59 Å². The van der Waals surface area contributed by atoms with Gasteiger partial charge in [-0.1, -0.05) is 85.7 Å². The van der Waals surface area contributed by atoms with Gasteiger partial charge >= 0.3 is 0 Å². The number of aromatic hydroxyl groups is 1. The molecule has 0 amide bonds. The summed E-state index contributed by atoms with van der Waals surface area (Å²) in [7, 11) is 1.50. The summed E-state index contributed by atoms with van der Waals surface area (Å²) in [6.07, 6.45) is 20.9. The molecule has 3 heterocycles. The number of benzene rings is 3. The fourth-order valence-corrected chi connectivity index (χ4v) is 9.98. The van der Waals surface area contributed by atoms with Gasteiger partial charge in [0.2, 0.25) is 0 Å². The molecule has 5 N–H and O–H groups in total. The number of aryl methyl sites for hydroxylation is 4. The minimum Gasteiger partial charge on any atom is -0.504 e. The number of hydrogen-bond donors (Lipinski definition) is 4. The zero-order valence-electron chi connectivity index (χ0n) is 34.7. The Hall–Kier alpha value is -5.05. The number of pyridine rings is 1. The van der Waals surface area contributed by atoms with Crippen molar-refractivity contribution in [1.82, 2.24) is 15.6 Å². The van der Waals surface area contributed by atoms with Crippen LogP contribution in [-0.4, -0.2) is 54.4 Å². The van der Waals surface area contributed by atoms with E-state index in [4.69, 9.17) is 10.5 Å². The number of Topliss-reactive ketones (excluding diaryl/α,β-unsaturated/α-hetero) is 1. The number of carbonyl (C=O) groups excluding carboxylic acids is 2. The lowest BCUT2D eigenvalue weighted by Gasteiger charge is -2.50. The molecule has 59 heavy (non-hydrogen) atoms. The summed E-state index contributed by atoms with van der Waals surface area (Å²) in [5.74, 6) is 3.42. The first kappa shape index (κ1) is 42.1. The Labute approximate surface area is 350 Å². The van der Waals surface area contributed by atoms with Gasteiger partial charge in [-0.25, -0.2) is 4.98 Å². The van der Waals surface area contributed by atoms with Gasteiger partial charge in [0, 0.05) is 25.2 Å². The molecule has 5 unspecified atom stereocenters. The van der Waals surface area contributed by atoms with Crippen LogP contribution in [0.25, 0.3) is 6.08 Å². The third-order valence-electron chi connectivity index (χ3n) is 13.0. The number of hydrogen-bond acceptors (Lipinski definition) is 8. The van der Waals surface area contributed by atoms with Crippen molar-refractivity contribution in [3.05, 3.63) is 136 Å². The van der Waals surface area contributed by atoms with Crippen LogP contribution in [0.15, 0.2) is 97.2 Å². The van der Waals surface area contributed by atoms with Crippen molar-refractivity contribution in [1.29, 1.82) is 0 Å². The van der Waals surface area contributed by atoms with Crippen molar-refractivity contribution in [3.63, 3.8) is 0 Å². The monoisotopic (exact) mass is 794 g/mol. The van der Waals surface area contributed by atoms with Crippen LogP contribution in [-0.2, 0) is 41.7 Å². The molecule has 2 aliphatic heterocycles. The molecule has 0 bridgehead atoms. The van der Waals surface area contributed by atoms with Crippen molar-refractivity contribution in [2.24, 2.45) is 23.7 Å². The van der Waals surface area contributed by atoms with Gasteiger partial charge < -0.3 is 26.2 Å². The van der Waals surface area contributed by atoms with Crippen LogP contribution in [0, 0.1) is 23.7 Å². The van der Waals surface area contributed by atoms with Gasteiger partial charge in [0.1, 0.15) is 11.6 Å². The van der Waals surface area contributed by atoms with Crippen LogP contribution in [0.1, 0.15) is 90.3 Å². The number of anilines is 1. The third kappa shape index (κ3) is 11.6. The molecule has 0 spiro atoms. The lowest BCUT2D eigenvalue weighted by Crippen LogP contribution is -2.55. The van der Waals surface area contributed by atoms with Gasteiger partial charge in [0.25, 0.3) is 0 Å². The van der Waals surface area contributed by atoms with Crippen molar-refractivity contribution in [2.45, 2.75) is 89.5 Å². The van der Waals surface area contributed by atoms with Crippen molar-refractivity contribution in [3.8, 4) is 11.5 Å². The number of rotatable bonds is 19. The number of nitrogen functional groups attached to an aromatic ring is 1. The average Bonchev–Trinajstić information content (AvgIpc) is 3.25. The fourth-order valence-electron chi connectivity index (χ4n) is 9.98. The van der Waals surface area contributed by atoms with E-state index in [0.717, 1.165) is 98.7 Å². The molecule has 3 aromatic carbocycles. The van der Waals surface area contributed by atoms with E-state index in [1.165, 1.54) is 49.1 Å². The second kappa shape index (κ2) is 20.8. The first-order valence-corrected chi connectivity index (χ1v) is 21.9. The van der Waals surface area contributed by atoms with Gasteiger partial charge in [-0.05, 0) is 158 Å². The van der Waals surface area contributed by atoms with E-state index in [2.05, 4.69) is 76.3 Å². The van der Waals surface area contributed by atoms with Gasteiger partial charge in [0.15, 0.2) is 17.3 Å². The van der Waals surface area contributed by atoms with E-state index in [1.807, 2.05) is 12.1 Å². The molecule has 2 fully saturated rings. The maximum atomic E-state index is 13.1. The van der Waals surface area contributed by atoms with Crippen LogP contribution in [0.5, 0.6) is 11.5 Å². The van der Waals surface area contributed by atoms with Crippen molar-refractivity contribution >= 4 is 23.5 Å². The highest BCUT2D eigenvalue weighted by Gasteiger charge is 2.44. The number of fused-ring (bicyclic) bond motifs is 2. The fraction of sp³-hybridized carbons (Fsp3) is 0.431. The van der Waals surface area contributed by atoms with E-state index in [1.54, 1.807) is 24.4 Å². The summed E-state index contributed by atoms with van der Waals surface area (Å²) in [5, 5.41) is 18.2. The molecule has 5 atom stereocenters. The molecule has 1 aromatic heterocycles. The topological polar surface area (TPSA) is 127 Å². The lowest BCUT2D eigenvalue weighted by molar-refractivity contribution is -0.124. The zero-order chi connectivity index (χ0) is 41.0. The molecule has 4 aromatic rings. The minimum absolute atomic E-state index is 0.0160. The summed E-state index contributed by atoms with van der Waals surface area (Å²) < 4.78 is 5.44. The Morgan fingerprint density at radius 2 is 1.71 bits per heavy atom. The Morgan fingerprint density at radius 3 is 2.54 bits per heavy atom. The molecule has 310 valence electrons. The van der Waals surface area contributed by atoms with Gasteiger partial charge in [-0.2, -0.15) is 0 Å². The number of unbranched alkanes of at least 4 members (excludes halogenated alkanes) is 2. The lowest BCUT2D eigenvalue weighted by atomic mass is 9.61. The van der Waals surface area contributed by atoms with E-state index in [0.29, 0.717) is 42.3 Å². The molecule has 3 aliphatic rings. The number of nitrogens with one attached hydrogen (secondary N) is 2. The highest BCUT2D eigenvalue weighted by molar-refractivity contribution is 6.06. The third-order valence-corrected chi connectivity index (χ3v) is 13.0. The average molecular weight is 795 g/mol. The summed E-state index contributed by atoms with van der Waals surface area (Å²) in [6.45, 7) is 3.24. The molecule has 1 saturated heterocycles. The summed E-state index contributed by atoms with van der Waals surface area (Å²) >= 11 is 0. The van der Waals surface area contributed by atoms with E-state index >= 15 is 0 Å². The predicted molar refractivity (Wildman–Crippen MR) is 238 cm³/mol. The van der Waals surface area contributed by atoms with E-state index in [9.17, 15) is 14.7 Å². The number of piperidine rings is 1. The number of phenolic OH excluding ortho intramolecular Hbond substituents is 1. The van der Waals surface area contributed by atoms with Crippen LogP contribution in [0.4, 0.5) is 5.82 Å². The van der Waals surface area contributed by atoms with Gasteiger partial charge in [0.05, 0.1) is 13.5 Å². The summed E-state index contributed by atoms with van der Waals surface area (Å²) in [6, 6.07) is 25.3. The molecular weight excluding hydrogens is 733 g/mol. The number of methoxy groups -OCH3 is 1. The number of nitrogens with two attached hydrogens (primary N) is 1. The second-order valence-electron chi connectivity index (χ2n) is 17.0. The van der Waals surface area contributed by atoms with E-state index in [-0.39, 0.29) is 23.7 Å². The van der Waals surface area contributed by atoms with Crippen molar-refractivity contribution < 1.29 is 19.4 Å². The summed E-state index contributed by atoms with van der Waals surface area (Å²) in [4.78, 5) is 30.5. The number of carbonyl (C=O) groups is 2. The molecule has 0 radical (unpaired) electrons. The van der Waals surface area contributed by atoms with Crippen LogP contribution >= 0.6 is 0 Å². The molecule has 8 nitrogen and oxygen atoms in total. The molecule has 8 heteroatoms. The molecule has 7 rings (SSSR count). The highest BCUT2D eigenvalue weighted by Crippen LogP contribution is 2.45. The minimum atomic E-state index is -0.226. The van der Waals surface area contributed by atoms with Crippen LogP contribution in [0.2, 0.25) is 0 Å². The van der Waals surface area contributed by atoms with Crippen molar-refractivity contribution in [2.75, 3.05) is 32.5 Å². The summed E-state index contributed by atoms with van der Waals surface area (Å²) in [5.41, 5.74) is 13.7.